The van der Waals surface area contributed by atoms with Crippen molar-refractivity contribution in [3.8, 4) is 11.5 Å². The van der Waals surface area contributed by atoms with Crippen LogP contribution >= 0.6 is 0 Å². The van der Waals surface area contributed by atoms with Gasteiger partial charge in [0.05, 0.1) is 4.90 Å². The first-order valence-electron chi connectivity index (χ1n) is 7.77. The number of rotatable bonds is 5. The first kappa shape index (κ1) is 15.6. The molecular formula is C15H22N2O4S. The molecule has 0 unspecified atom stereocenters. The third-order valence-corrected chi connectivity index (χ3v) is 5.45. The van der Waals surface area contributed by atoms with Crippen LogP contribution in [0.3, 0.4) is 0 Å². The molecule has 122 valence electrons. The van der Waals surface area contributed by atoms with E-state index in [1.165, 1.54) is 25.3 Å². The van der Waals surface area contributed by atoms with Crippen LogP contribution in [0.4, 0.5) is 0 Å². The van der Waals surface area contributed by atoms with Gasteiger partial charge in [-0.15, -0.1) is 0 Å². The van der Waals surface area contributed by atoms with Gasteiger partial charge in [-0.05, 0) is 38.1 Å². The Morgan fingerprint density at radius 1 is 1.05 bits per heavy atom. The van der Waals surface area contributed by atoms with Gasteiger partial charge in [0, 0.05) is 19.2 Å². The molecule has 1 aromatic rings. The Balaban J connectivity index is 1.60. The normalized spacial score (nSPS) is 19.1. The minimum atomic E-state index is -3.51. The van der Waals surface area contributed by atoms with Crippen molar-refractivity contribution in [3.05, 3.63) is 18.2 Å². The molecule has 2 heterocycles. The van der Waals surface area contributed by atoms with Crippen LogP contribution in [0.1, 0.15) is 19.3 Å². The molecule has 0 radical (unpaired) electrons. The summed E-state index contributed by atoms with van der Waals surface area (Å²) in [5.41, 5.74) is 0. The zero-order valence-corrected chi connectivity index (χ0v) is 13.4. The molecular weight excluding hydrogens is 304 g/mol. The summed E-state index contributed by atoms with van der Waals surface area (Å²) < 4.78 is 38.2. The zero-order valence-electron chi connectivity index (χ0n) is 12.6. The van der Waals surface area contributed by atoms with Crippen molar-refractivity contribution in [2.75, 3.05) is 39.4 Å². The third-order valence-electron chi connectivity index (χ3n) is 3.99. The summed E-state index contributed by atoms with van der Waals surface area (Å²) >= 11 is 0. The Morgan fingerprint density at radius 2 is 1.77 bits per heavy atom. The van der Waals surface area contributed by atoms with Crippen molar-refractivity contribution in [1.29, 1.82) is 0 Å². The van der Waals surface area contributed by atoms with Gasteiger partial charge in [0.2, 0.25) is 10.0 Å². The van der Waals surface area contributed by atoms with Crippen molar-refractivity contribution >= 4 is 10.0 Å². The Labute approximate surface area is 131 Å². The van der Waals surface area contributed by atoms with Crippen LogP contribution in [0.2, 0.25) is 0 Å². The molecule has 0 saturated carbocycles. The van der Waals surface area contributed by atoms with Gasteiger partial charge in [0.25, 0.3) is 0 Å². The first-order chi connectivity index (χ1) is 10.6. The molecule has 2 aliphatic rings. The second-order valence-electron chi connectivity index (χ2n) is 5.61. The van der Waals surface area contributed by atoms with E-state index < -0.39 is 10.0 Å². The minimum absolute atomic E-state index is 0.218. The highest BCUT2D eigenvalue weighted by atomic mass is 32.2. The molecule has 1 aromatic carbocycles. The van der Waals surface area contributed by atoms with Crippen LogP contribution in [0.15, 0.2) is 23.1 Å². The number of nitrogens with one attached hydrogen (secondary N) is 1. The quantitative estimate of drug-likeness (QED) is 0.881. The first-order valence-corrected chi connectivity index (χ1v) is 9.25. The smallest absolute Gasteiger partial charge is 0.240 e. The lowest BCUT2D eigenvalue weighted by molar-refractivity contribution is 0.171. The number of piperidine rings is 1. The lowest BCUT2D eigenvalue weighted by atomic mass is 10.1. The highest BCUT2D eigenvalue weighted by Crippen LogP contribution is 2.32. The van der Waals surface area contributed by atoms with E-state index in [1.807, 2.05) is 0 Å². The molecule has 7 heteroatoms. The summed E-state index contributed by atoms with van der Waals surface area (Å²) in [6.07, 6.45) is 3.68. The van der Waals surface area contributed by atoms with Crippen LogP contribution in [0.25, 0.3) is 0 Å². The van der Waals surface area contributed by atoms with Gasteiger partial charge in [-0.3, -0.25) is 0 Å². The number of hydrogen-bond acceptors (Lipinski definition) is 5. The maximum atomic E-state index is 12.3. The minimum Gasteiger partial charge on any atom is -0.486 e. The summed E-state index contributed by atoms with van der Waals surface area (Å²) in [5.74, 6) is 1.09. The molecule has 3 rings (SSSR count). The van der Waals surface area contributed by atoms with Crippen molar-refractivity contribution < 1.29 is 17.9 Å². The fourth-order valence-corrected chi connectivity index (χ4v) is 3.83. The highest BCUT2D eigenvalue weighted by Gasteiger charge is 2.19. The molecule has 0 spiro atoms. The fourth-order valence-electron chi connectivity index (χ4n) is 2.80. The number of sulfonamides is 1. The van der Waals surface area contributed by atoms with E-state index in [0.29, 0.717) is 31.3 Å². The van der Waals surface area contributed by atoms with E-state index in [-0.39, 0.29) is 4.90 Å². The molecule has 1 saturated heterocycles. The van der Waals surface area contributed by atoms with E-state index in [4.69, 9.17) is 9.47 Å². The zero-order chi connectivity index (χ0) is 15.4. The van der Waals surface area contributed by atoms with Gasteiger partial charge in [-0.25, -0.2) is 13.1 Å². The molecule has 22 heavy (non-hydrogen) atoms. The van der Waals surface area contributed by atoms with Crippen LogP contribution in [0.5, 0.6) is 11.5 Å². The Morgan fingerprint density at radius 3 is 2.55 bits per heavy atom. The second-order valence-corrected chi connectivity index (χ2v) is 7.37. The summed E-state index contributed by atoms with van der Waals surface area (Å²) in [5, 5.41) is 0. The van der Waals surface area contributed by atoms with E-state index >= 15 is 0 Å². The molecule has 2 aliphatic heterocycles. The predicted octanol–water partition coefficient (Wildman–Crippen LogP) is 1.22. The lowest BCUT2D eigenvalue weighted by Crippen LogP contribution is -2.37. The predicted molar refractivity (Wildman–Crippen MR) is 82.9 cm³/mol. The van der Waals surface area contributed by atoms with E-state index in [0.717, 1.165) is 19.6 Å². The SMILES string of the molecule is O=S(=O)(NCCN1CCCCC1)c1ccc2c(c1)OCCO2. The monoisotopic (exact) mass is 326 g/mol. The second kappa shape index (κ2) is 6.85. The molecule has 0 bridgehead atoms. The molecule has 0 atom stereocenters. The van der Waals surface area contributed by atoms with Crippen LogP contribution in [0, 0.1) is 0 Å². The van der Waals surface area contributed by atoms with Gasteiger partial charge in [0.15, 0.2) is 11.5 Å². The maximum Gasteiger partial charge on any atom is 0.240 e. The van der Waals surface area contributed by atoms with Gasteiger partial charge >= 0.3 is 0 Å². The molecule has 6 nitrogen and oxygen atoms in total. The van der Waals surface area contributed by atoms with Crippen molar-refractivity contribution in [3.63, 3.8) is 0 Å². The molecule has 1 N–H and O–H groups in total. The van der Waals surface area contributed by atoms with Crippen LogP contribution in [-0.2, 0) is 10.0 Å². The number of ether oxygens (including phenoxy) is 2. The summed E-state index contributed by atoms with van der Waals surface area (Å²) in [6, 6.07) is 4.72. The molecule has 0 aliphatic carbocycles. The summed E-state index contributed by atoms with van der Waals surface area (Å²) in [4.78, 5) is 2.52. The molecule has 0 amide bonds. The Bertz CT molecular complexity index is 612. The molecule has 1 fully saturated rings. The number of hydrogen-bond donors (Lipinski definition) is 1. The van der Waals surface area contributed by atoms with Crippen LogP contribution in [-0.4, -0.2) is 52.7 Å². The van der Waals surface area contributed by atoms with E-state index in [2.05, 4.69) is 9.62 Å². The Hall–Kier alpha value is -1.31. The van der Waals surface area contributed by atoms with E-state index in [9.17, 15) is 8.42 Å². The van der Waals surface area contributed by atoms with Gasteiger partial charge in [0.1, 0.15) is 13.2 Å². The highest BCUT2D eigenvalue weighted by molar-refractivity contribution is 7.89. The lowest BCUT2D eigenvalue weighted by Gasteiger charge is -2.26. The van der Waals surface area contributed by atoms with Crippen LogP contribution < -0.4 is 14.2 Å². The molecule has 0 aromatic heterocycles. The number of benzene rings is 1. The van der Waals surface area contributed by atoms with Crippen molar-refractivity contribution in [2.24, 2.45) is 0 Å². The topological polar surface area (TPSA) is 67.9 Å². The largest absolute Gasteiger partial charge is 0.486 e. The number of nitrogens with zero attached hydrogens (tertiary/aromatic N) is 1. The Kier molecular flexibility index (Phi) is 4.85. The van der Waals surface area contributed by atoms with Crippen molar-refractivity contribution in [2.45, 2.75) is 24.2 Å². The van der Waals surface area contributed by atoms with Gasteiger partial charge in [-0.1, -0.05) is 6.42 Å². The standard InChI is InChI=1S/C15H22N2O4S/c18-22(19,16-6-9-17-7-2-1-3-8-17)13-4-5-14-15(12-13)21-11-10-20-14/h4-5,12,16H,1-3,6-11H2. The average molecular weight is 326 g/mol. The van der Waals surface area contributed by atoms with Crippen molar-refractivity contribution in [1.82, 2.24) is 9.62 Å². The number of fused-ring (bicyclic) bond motifs is 1. The van der Waals surface area contributed by atoms with E-state index in [1.54, 1.807) is 12.1 Å². The maximum absolute atomic E-state index is 12.3. The van der Waals surface area contributed by atoms with Gasteiger partial charge in [-0.2, -0.15) is 0 Å². The fraction of sp³-hybridized carbons (Fsp3) is 0.600. The third kappa shape index (κ3) is 3.71. The summed E-state index contributed by atoms with van der Waals surface area (Å²) in [6.45, 7) is 4.24. The summed E-state index contributed by atoms with van der Waals surface area (Å²) in [7, 11) is -3.51. The van der Waals surface area contributed by atoms with Gasteiger partial charge < -0.3 is 14.4 Å². The number of likely N-dealkylation sites (tertiary alicyclic amines) is 1. The average Bonchev–Trinajstić information content (AvgIpc) is 2.55.